The van der Waals surface area contributed by atoms with Crippen molar-refractivity contribution in [1.29, 1.82) is 0 Å². The molecular formula is C20H31FN4O2S. The summed E-state index contributed by atoms with van der Waals surface area (Å²) in [6, 6.07) is 4.76. The normalized spacial score (nSPS) is 13.1. The van der Waals surface area contributed by atoms with E-state index in [-0.39, 0.29) is 17.0 Å². The highest BCUT2D eigenvalue weighted by Crippen LogP contribution is 2.21. The van der Waals surface area contributed by atoms with Gasteiger partial charge in [-0.1, -0.05) is 13.8 Å². The molecule has 1 aromatic heterocycles. The minimum Gasteiger partial charge on any atom is -0.361 e. The van der Waals surface area contributed by atoms with Gasteiger partial charge in [0.1, 0.15) is 15.7 Å². The molecule has 1 aromatic carbocycles. The molecule has 0 aliphatic heterocycles. The minimum atomic E-state index is -2.97. The van der Waals surface area contributed by atoms with Crippen molar-refractivity contribution in [1.82, 2.24) is 15.6 Å². The van der Waals surface area contributed by atoms with Crippen LogP contribution in [0.3, 0.4) is 0 Å². The molecule has 0 fully saturated rings. The summed E-state index contributed by atoms with van der Waals surface area (Å²) >= 11 is 0. The molecule has 3 N–H and O–H groups in total. The zero-order chi connectivity index (χ0) is 20.8. The Morgan fingerprint density at radius 1 is 1.29 bits per heavy atom. The average Bonchev–Trinajstić information content (AvgIpc) is 3.00. The lowest BCUT2D eigenvalue weighted by atomic mass is 9.90. The van der Waals surface area contributed by atoms with Crippen LogP contribution in [0.15, 0.2) is 29.4 Å². The van der Waals surface area contributed by atoms with Crippen LogP contribution in [0.25, 0.3) is 10.9 Å². The number of sulfone groups is 1. The molecule has 0 spiro atoms. The predicted molar refractivity (Wildman–Crippen MR) is 114 cm³/mol. The number of hydrogen-bond acceptors (Lipinski definition) is 3. The Bertz CT molecular complexity index is 919. The molecule has 0 bridgehead atoms. The molecule has 2 rings (SSSR count). The van der Waals surface area contributed by atoms with E-state index in [1.165, 1.54) is 18.4 Å². The minimum absolute atomic E-state index is 0.167. The Kier molecular flexibility index (Phi) is 7.46. The molecule has 28 heavy (non-hydrogen) atoms. The molecule has 0 radical (unpaired) electrons. The van der Waals surface area contributed by atoms with Crippen LogP contribution in [0.4, 0.5) is 4.39 Å². The number of guanidine groups is 1. The molecule has 6 nitrogen and oxygen atoms in total. The number of halogens is 1. The third-order valence-corrected chi connectivity index (χ3v) is 5.52. The van der Waals surface area contributed by atoms with Crippen LogP contribution in [0.2, 0.25) is 0 Å². The van der Waals surface area contributed by atoms with Gasteiger partial charge in [-0.2, -0.15) is 0 Å². The maximum atomic E-state index is 13.3. The van der Waals surface area contributed by atoms with Gasteiger partial charge in [0.25, 0.3) is 0 Å². The molecule has 0 aliphatic carbocycles. The molecule has 0 saturated heterocycles. The number of benzene rings is 1. The third kappa shape index (κ3) is 7.14. The molecule has 0 unspecified atom stereocenters. The lowest BCUT2D eigenvalue weighted by Crippen LogP contribution is -2.39. The van der Waals surface area contributed by atoms with Crippen molar-refractivity contribution < 1.29 is 12.8 Å². The number of fused-ring (bicyclic) bond motifs is 1. The first kappa shape index (κ1) is 22.2. The molecule has 0 atom stereocenters. The van der Waals surface area contributed by atoms with Gasteiger partial charge < -0.3 is 15.6 Å². The maximum absolute atomic E-state index is 13.3. The van der Waals surface area contributed by atoms with Crippen LogP contribution >= 0.6 is 0 Å². The molecule has 0 aliphatic rings. The van der Waals surface area contributed by atoms with Crippen LogP contribution in [0, 0.1) is 11.2 Å². The Morgan fingerprint density at radius 3 is 2.71 bits per heavy atom. The number of H-pyrrole nitrogens is 1. The Balaban J connectivity index is 1.93. The van der Waals surface area contributed by atoms with Gasteiger partial charge in [-0.05, 0) is 48.9 Å². The number of nitrogens with one attached hydrogen (secondary N) is 3. The lowest BCUT2D eigenvalue weighted by molar-refractivity contribution is 0.365. The van der Waals surface area contributed by atoms with Gasteiger partial charge in [-0.25, -0.2) is 12.8 Å². The summed E-state index contributed by atoms with van der Waals surface area (Å²) in [6.45, 7) is 8.00. The summed E-state index contributed by atoms with van der Waals surface area (Å²) in [5, 5.41) is 7.55. The van der Waals surface area contributed by atoms with E-state index in [4.69, 9.17) is 0 Å². The topological polar surface area (TPSA) is 86.3 Å². The van der Waals surface area contributed by atoms with Crippen molar-refractivity contribution >= 4 is 26.7 Å². The molecule has 8 heteroatoms. The third-order valence-electron chi connectivity index (χ3n) is 4.58. The van der Waals surface area contributed by atoms with Gasteiger partial charge >= 0.3 is 0 Å². The van der Waals surface area contributed by atoms with Crippen LogP contribution in [-0.4, -0.2) is 51.0 Å². The summed E-state index contributed by atoms with van der Waals surface area (Å²) in [4.78, 5) is 7.72. The standard InChI is InChI=1S/C20H31FN4O2S/c1-5-22-19(25-14-20(2,3)9-11-28(4,26)27)23-10-8-15-13-24-18-12-16(21)6-7-17(15)18/h6-7,12-13,24H,5,8-11,14H2,1-4H3,(H2,22,23,25). The molecule has 0 amide bonds. The summed E-state index contributed by atoms with van der Waals surface area (Å²) in [7, 11) is -2.97. The van der Waals surface area contributed by atoms with Crippen molar-refractivity contribution in [3.8, 4) is 0 Å². The monoisotopic (exact) mass is 410 g/mol. The molecule has 2 aromatic rings. The van der Waals surface area contributed by atoms with E-state index in [1.807, 2.05) is 27.0 Å². The van der Waals surface area contributed by atoms with E-state index in [0.717, 1.165) is 29.4 Å². The molecule has 1 heterocycles. The number of aliphatic imine (C=N–C) groups is 1. The van der Waals surface area contributed by atoms with E-state index in [2.05, 4.69) is 20.6 Å². The zero-order valence-electron chi connectivity index (χ0n) is 17.1. The number of rotatable bonds is 9. The van der Waals surface area contributed by atoms with E-state index < -0.39 is 9.84 Å². The van der Waals surface area contributed by atoms with Crippen molar-refractivity contribution in [2.75, 3.05) is 31.6 Å². The second kappa shape index (κ2) is 9.41. The summed E-state index contributed by atoms with van der Waals surface area (Å²) < 4.78 is 36.1. The largest absolute Gasteiger partial charge is 0.361 e. The smallest absolute Gasteiger partial charge is 0.191 e. The van der Waals surface area contributed by atoms with Crippen molar-refractivity contribution in [2.45, 2.75) is 33.6 Å². The first-order valence-electron chi connectivity index (χ1n) is 9.55. The second-order valence-corrected chi connectivity index (χ2v) is 10.2. The second-order valence-electron chi connectivity index (χ2n) is 7.92. The highest BCUT2D eigenvalue weighted by molar-refractivity contribution is 7.90. The Morgan fingerprint density at radius 2 is 2.04 bits per heavy atom. The van der Waals surface area contributed by atoms with Gasteiger partial charge in [-0.15, -0.1) is 0 Å². The van der Waals surface area contributed by atoms with Gasteiger partial charge in [0.05, 0.1) is 5.75 Å². The first-order valence-corrected chi connectivity index (χ1v) is 11.6. The number of nitrogens with zero attached hydrogens (tertiary/aromatic N) is 1. The van der Waals surface area contributed by atoms with E-state index in [9.17, 15) is 12.8 Å². The molecular weight excluding hydrogens is 379 g/mol. The summed E-state index contributed by atoms with van der Waals surface area (Å²) in [5.41, 5.74) is 1.71. The fourth-order valence-corrected chi connectivity index (χ4v) is 3.78. The van der Waals surface area contributed by atoms with Gasteiger partial charge in [0, 0.05) is 43.0 Å². The van der Waals surface area contributed by atoms with Crippen molar-refractivity contribution in [3.05, 3.63) is 35.8 Å². The molecule has 156 valence electrons. The Hall–Kier alpha value is -2.09. The fourth-order valence-electron chi connectivity index (χ4n) is 2.86. The maximum Gasteiger partial charge on any atom is 0.191 e. The predicted octanol–water partition coefficient (Wildman–Crippen LogP) is 2.87. The fraction of sp³-hybridized carbons (Fsp3) is 0.550. The first-order chi connectivity index (χ1) is 13.1. The van der Waals surface area contributed by atoms with Crippen molar-refractivity contribution in [2.24, 2.45) is 10.4 Å². The summed E-state index contributed by atoms with van der Waals surface area (Å²) in [5.74, 6) is 0.626. The summed E-state index contributed by atoms with van der Waals surface area (Å²) in [6.07, 6.45) is 4.51. The van der Waals surface area contributed by atoms with Crippen LogP contribution in [-0.2, 0) is 16.3 Å². The van der Waals surface area contributed by atoms with Crippen molar-refractivity contribution in [3.63, 3.8) is 0 Å². The number of aromatic nitrogens is 1. The Labute approximate surface area is 166 Å². The van der Waals surface area contributed by atoms with E-state index in [0.29, 0.717) is 25.5 Å². The van der Waals surface area contributed by atoms with Crippen LogP contribution in [0.1, 0.15) is 32.8 Å². The zero-order valence-corrected chi connectivity index (χ0v) is 17.9. The average molecular weight is 411 g/mol. The quantitative estimate of drug-likeness (QED) is 0.438. The van der Waals surface area contributed by atoms with Gasteiger partial charge in [0.15, 0.2) is 5.96 Å². The highest BCUT2D eigenvalue weighted by atomic mass is 32.2. The SMILES string of the molecule is CCNC(=NCC(C)(C)CCS(C)(=O)=O)NCCc1c[nH]c2cc(F)ccc12. The number of aromatic amines is 1. The van der Waals surface area contributed by atoms with E-state index >= 15 is 0 Å². The molecule has 0 saturated carbocycles. The number of hydrogen-bond donors (Lipinski definition) is 3. The van der Waals surface area contributed by atoms with Crippen LogP contribution in [0.5, 0.6) is 0 Å². The highest BCUT2D eigenvalue weighted by Gasteiger charge is 2.20. The lowest BCUT2D eigenvalue weighted by Gasteiger charge is -2.22. The van der Waals surface area contributed by atoms with E-state index in [1.54, 1.807) is 6.07 Å². The van der Waals surface area contributed by atoms with Crippen LogP contribution < -0.4 is 10.6 Å². The van der Waals surface area contributed by atoms with Gasteiger partial charge in [0.2, 0.25) is 0 Å². The van der Waals surface area contributed by atoms with Gasteiger partial charge in [-0.3, -0.25) is 4.99 Å².